The minimum Gasteiger partial charge on any atom is -0.810 e. The van der Waals surface area contributed by atoms with Crippen molar-refractivity contribution >= 4 is 15.2 Å². The third-order valence-electron chi connectivity index (χ3n) is 3.43. The van der Waals surface area contributed by atoms with Crippen molar-refractivity contribution in [2.45, 2.75) is 52.0 Å². The van der Waals surface area contributed by atoms with Gasteiger partial charge in [-0.05, 0) is 33.6 Å². The molecule has 9 nitrogen and oxygen atoms in total. The van der Waals surface area contributed by atoms with Crippen LogP contribution in [0, 0.1) is 0 Å². The molecule has 1 aromatic heterocycles. The number of aromatic nitrogens is 3. The van der Waals surface area contributed by atoms with Crippen LogP contribution in [0.25, 0.3) is 0 Å². The van der Waals surface area contributed by atoms with Gasteiger partial charge in [-0.15, -0.1) is 5.10 Å². The van der Waals surface area contributed by atoms with Crippen LogP contribution < -0.4 is 138 Å². The molecular formula is C14H21N3Na4O6P2. The normalized spacial score (nSPS) is 11.5. The Morgan fingerprint density at radius 2 is 1.55 bits per heavy atom. The summed E-state index contributed by atoms with van der Waals surface area (Å²) in [5.41, 5.74) is 2.32. The zero-order valence-corrected chi connectivity index (χ0v) is 28.1. The van der Waals surface area contributed by atoms with Crippen molar-refractivity contribution in [2.75, 3.05) is 0 Å². The summed E-state index contributed by atoms with van der Waals surface area (Å²) in [6, 6.07) is 0. The average Bonchev–Trinajstić information content (AvgIpc) is 2.87. The van der Waals surface area contributed by atoms with Gasteiger partial charge in [0.05, 0.1) is 12.2 Å². The average molecular weight is 481 g/mol. The summed E-state index contributed by atoms with van der Waals surface area (Å²) in [4.78, 5) is 43.9. The molecule has 0 saturated carbocycles. The number of hydrogen-bond acceptors (Lipinski definition) is 8. The molecule has 1 rings (SSSR count). The van der Waals surface area contributed by atoms with Crippen molar-refractivity contribution in [3.8, 4) is 0 Å². The van der Waals surface area contributed by atoms with Crippen LogP contribution >= 0.6 is 15.2 Å². The van der Waals surface area contributed by atoms with E-state index in [-0.39, 0.29) is 124 Å². The maximum absolute atomic E-state index is 11.0. The minimum atomic E-state index is -5.59. The van der Waals surface area contributed by atoms with Crippen LogP contribution in [0.4, 0.5) is 0 Å². The van der Waals surface area contributed by atoms with Crippen LogP contribution in [0.1, 0.15) is 39.3 Å². The predicted molar refractivity (Wildman–Crippen MR) is 85.1 cm³/mol. The standard InChI is InChI=1S/C14H25N3O6P2.4Na/c1-11(2)5-4-6-12(3)7-8-17-10-13(15-16-17)9-14(24(18,19)20)25(21,22)23;;;;/h5,7,10,14H,4,6,8-9H2,1-3H3,(H2,18,19,20)(H2,21,22,23);;;;/q;4*+1/p-4/b12-7-;;;;. The van der Waals surface area contributed by atoms with Crippen LogP contribution in [0.2, 0.25) is 0 Å². The van der Waals surface area contributed by atoms with Crippen molar-refractivity contribution in [3.05, 3.63) is 35.2 Å². The number of allylic oxidation sites excluding steroid dienone is 4. The zero-order valence-electron chi connectivity index (χ0n) is 18.3. The van der Waals surface area contributed by atoms with Gasteiger partial charge in [-0.2, -0.15) is 0 Å². The number of rotatable bonds is 9. The first-order chi connectivity index (χ1) is 11.4. The second kappa shape index (κ2) is 18.3. The second-order valence-corrected chi connectivity index (χ2v) is 9.88. The van der Waals surface area contributed by atoms with Crippen molar-refractivity contribution in [2.24, 2.45) is 0 Å². The molecule has 142 valence electrons. The molecule has 0 aliphatic heterocycles. The predicted octanol–water partition coefficient (Wildman–Crippen LogP) is -12.3. The van der Waals surface area contributed by atoms with Gasteiger partial charge in [0.25, 0.3) is 0 Å². The summed E-state index contributed by atoms with van der Waals surface area (Å²) in [5.74, 6) is 0. The maximum atomic E-state index is 11.0. The second-order valence-electron chi connectivity index (χ2n) is 6.07. The summed E-state index contributed by atoms with van der Waals surface area (Å²) >= 11 is 0. The third kappa shape index (κ3) is 17.1. The van der Waals surface area contributed by atoms with Crippen molar-refractivity contribution in [3.63, 3.8) is 0 Å². The summed E-state index contributed by atoms with van der Waals surface area (Å²) in [5, 5.41) is 4.81. The van der Waals surface area contributed by atoms with Crippen LogP contribution in [-0.4, -0.2) is 20.4 Å². The van der Waals surface area contributed by atoms with Crippen LogP contribution in [0.15, 0.2) is 29.5 Å². The molecule has 1 aromatic rings. The molecule has 0 atom stereocenters. The SMILES string of the molecule is CC(C)=CCC/C(C)=C\Cn1cc(CC(P(=O)([O-])[O-])P(=O)([O-])[O-])nn1.[Na+].[Na+].[Na+].[Na+]. The number of nitrogens with zero attached hydrogens (tertiary/aromatic N) is 3. The van der Waals surface area contributed by atoms with E-state index in [1.807, 2.05) is 26.8 Å². The first kappa shape index (κ1) is 39.1. The first-order valence-electron chi connectivity index (χ1n) is 7.61. The van der Waals surface area contributed by atoms with Gasteiger partial charge in [0.15, 0.2) is 0 Å². The summed E-state index contributed by atoms with van der Waals surface area (Å²) in [7, 11) is -11.2. The Morgan fingerprint density at radius 1 is 1.03 bits per heavy atom. The Labute approximate surface area is 260 Å². The molecule has 0 fully saturated rings. The number of hydrogen-bond donors (Lipinski definition) is 0. The molecule has 0 N–H and O–H groups in total. The summed E-state index contributed by atoms with van der Waals surface area (Å²) in [6.45, 7) is 6.36. The van der Waals surface area contributed by atoms with Gasteiger partial charge in [0, 0.05) is 18.0 Å². The maximum Gasteiger partial charge on any atom is 1.00 e. The van der Waals surface area contributed by atoms with Crippen LogP contribution in [0.5, 0.6) is 0 Å². The molecule has 15 heteroatoms. The van der Waals surface area contributed by atoms with E-state index in [0.717, 1.165) is 18.4 Å². The summed E-state index contributed by atoms with van der Waals surface area (Å²) < 4.78 is 23.3. The Balaban J connectivity index is -0.000000781. The fraction of sp³-hybridized carbons (Fsp3) is 0.571. The van der Waals surface area contributed by atoms with E-state index in [1.165, 1.54) is 16.5 Å². The van der Waals surface area contributed by atoms with Crippen LogP contribution in [0.3, 0.4) is 0 Å². The summed E-state index contributed by atoms with van der Waals surface area (Å²) in [6.07, 6.45) is 6.35. The minimum absolute atomic E-state index is 0. The molecule has 0 amide bonds. The van der Waals surface area contributed by atoms with E-state index in [2.05, 4.69) is 16.4 Å². The van der Waals surface area contributed by atoms with Gasteiger partial charge in [0.2, 0.25) is 0 Å². The molecule has 0 unspecified atom stereocenters. The molecule has 0 aliphatic rings. The van der Waals surface area contributed by atoms with E-state index in [9.17, 15) is 28.7 Å². The van der Waals surface area contributed by atoms with E-state index in [0.29, 0.717) is 6.54 Å². The molecule has 0 aromatic carbocycles. The Morgan fingerprint density at radius 3 is 2.00 bits per heavy atom. The fourth-order valence-electron chi connectivity index (χ4n) is 2.05. The van der Waals surface area contributed by atoms with Crippen molar-refractivity contribution in [1.82, 2.24) is 15.0 Å². The smallest absolute Gasteiger partial charge is 0.810 e. The molecule has 0 aliphatic carbocycles. The molecule has 0 bridgehead atoms. The van der Waals surface area contributed by atoms with Gasteiger partial charge in [-0.3, -0.25) is 0 Å². The van der Waals surface area contributed by atoms with Gasteiger partial charge >= 0.3 is 118 Å². The third-order valence-corrected chi connectivity index (χ3v) is 6.95. The largest absolute Gasteiger partial charge is 1.00 e. The Hall–Kier alpha value is 2.92. The fourth-order valence-corrected chi connectivity index (χ4v) is 4.25. The van der Waals surface area contributed by atoms with Crippen molar-refractivity contribution < 1.29 is 147 Å². The monoisotopic (exact) mass is 481 g/mol. The zero-order chi connectivity index (χ0) is 19.3. The van der Waals surface area contributed by atoms with E-state index in [4.69, 9.17) is 0 Å². The topological polar surface area (TPSA) is 157 Å². The first-order valence-corrected chi connectivity index (χ1v) is 10.8. The molecule has 0 radical (unpaired) electrons. The van der Waals surface area contributed by atoms with Gasteiger partial charge in [-0.1, -0.05) is 43.7 Å². The Bertz CT molecular complexity index is 721. The molecule has 0 saturated heterocycles. The molecule has 1 heterocycles. The van der Waals surface area contributed by atoms with Gasteiger partial charge < -0.3 is 28.7 Å². The van der Waals surface area contributed by atoms with Gasteiger partial charge in [0.1, 0.15) is 0 Å². The Kier molecular flexibility index (Phi) is 24.7. The van der Waals surface area contributed by atoms with Gasteiger partial charge in [-0.25, -0.2) is 4.68 Å². The van der Waals surface area contributed by atoms with E-state index >= 15 is 0 Å². The molecule has 0 spiro atoms. The molecule has 29 heavy (non-hydrogen) atoms. The molecular weight excluding hydrogens is 460 g/mol. The van der Waals surface area contributed by atoms with E-state index < -0.39 is 27.0 Å². The van der Waals surface area contributed by atoms with Crippen molar-refractivity contribution in [1.29, 1.82) is 0 Å². The quantitative estimate of drug-likeness (QED) is 0.191. The van der Waals surface area contributed by atoms with Crippen LogP contribution in [-0.2, 0) is 22.1 Å². The van der Waals surface area contributed by atoms with E-state index in [1.54, 1.807) is 0 Å².